The molecule has 0 fully saturated rings. The largest absolute Gasteiger partial charge is 0.310 e. The number of allylic oxidation sites excluding steroid dienone is 3. The molecule has 0 aliphatic heterocycles. The van der Waals surface area contributed by atoms with Crippen LogP contribution in [-0.4, -0.2) is 0 Å². The first kappa shape index (κ1) is 38.5. The number of nitrogens with zero attached hydrogens (tertiary/aromatic N) is 2. The fraction of sp³-hybridized carbons (Fsp3) is 0.115. The SMILES string of the molecule is Cc1ccc(N(c2ccccc2)c2cccc3ccccc23)cc1/C=C\C1=CC(C)(C)c2cc3c(cc21)C(C)(C)c1cc(N(c2ccccc2)c2cccc4ccccc24)ccc1-3. The number of aryl methyl sites for hydroxylation is 1. The van der Waals surface area contributed by atoms with Crippen LogP contribution in [0.2, 0.25) is 0 Å². The predicted molar refractivity (Wildman–Crippen MR) is 270 cm³/mol. The first-order valence-electron chi connectivity index (χ1n) is 22.2. The van der Waals surface area contributed by atoms with Gasteiger partial charge in [-0.05, 0) is 141 Å². The summed E-state index contributed by atoms with van der Waals surface area (Å²) in [4.78, 5) is 4.82. The highest BCUT2D eigenvalue weighted by Gasteiger charge is 2.40. The minimum absolute atomic E-state index is 0.120. The van der Waals surface area contributed by atoms with Gasteiger partial charge >= 0.3 is 0 Å². The zero-order chi connectivity index (χ0) is 42.9. The Hall–Kier alpha value is -7.42. The highest BCUT2D eigenvalue weighted by molar-refractivity contribution is 6.01. The van der Waals surface area contributed by atoms with Gasteiger partial charge in [-0.3, -0.25) is 0 Å². The van der Waals surface area contributed by atoms with Crippen LogP contribution in [0.5, 0.6) is 0 Å². The van der Waals surface area contributed by atoms with Crippen LogP contribution >= 0.6 is 0 Å². The number of rotatable bonds is 8. The molecule has 0 aromatic heterocycles. The monoisotopic (exact) mass is 810 g/mol. The Morgan fingerprint density at radius 3 is 1.52 bits per heavy atom. The maximum Gasteiger partial charge on any atom is 0.0540 e. The van der Waals surface area contributed by atoms with E-state index in [1.165, 1.54) is 77.3 Å². The van der Waals surface area contributed by atoms with Gasteiger partial charge in [-0.1, -0.05) is 167 Å². The van der Waals surface area contributed by atoms with Crippen LogP contribution in [0.1, 0.15) is 61.1 Å². The molecule has 2 heteroatoms. The second-order valence-electron chi connectivity index (χ2n) is 18.3. The van der Waals surface area contributed by atoms with Gasteiger partial charge in [0, 0.05) is 44.4 Å². The van der Waals surface area contributed by atoms with E-state index in [4.69, 9.17) is 0 Å². The van der Waals surface area contributed by atoms with Crippen molar-refractivity contribution in [2.24, 2.45) is 0 Å². The van der Waals surface area contributed by atoms with Crippen LogP contribution in [0.3, 0.4) is 0 Å². The van der Waals surface area contributed by atoms with Crippen LogP contribution < -0.4 is 9.80 Å². The molecule has 9 aromatic rings. The molecule has 2 aliphatic carbocycles. The molecule has 11 rings (SSSR count). The summed E-state index contributed by atoms with van der Waals surface area (Å²) < 4.78 is 0. The molecular formula is C61H50N2. The van der Waals surface area contributed by atoms with E-state index in [1.54, 1.807) is 0 Å². The summed E-state index contributed by atoms with van der Waals surface area (Å²) in [6.45, 7) is 11.7. The van der Waals surface area contributed by atoms with E-state index < -0.39 is 0 Å². The highest BCUT2D eigenvalue weighted by atomic mass is 15.1. The van der Waals surface area contributed by atoms with Crippen molar-refractivity contribution in [1.82, 2.24) is 0 Å². The smallest absolute Gasteiger partial charge is 0.0540 e. The molecule has 0 atom stereocenters. The molecular weight excluding hydrogens is 761 g/mol. The average Bonchev–Trinajstić information content (AvgIpc) is 3.70. The van der Waals surface area contributed by atoms with E-state index >= 15 is 0 Å². The van der Waals surface area contributed by atoms with Gasteiger partial charge in [0.15, 0.2) is 0 Å². The number of hydrogen-bond acceptors (Lipinski definition) is 2. The topological polar surface area (TPSA) is 6.48 Å². The second kappa shape index (κ2) is 14.9. The fourth-order valence-corrected chi connectivity index (χ4v) is 10.3. The third-order valence-electron chi connectivity index (χ3n) is 13.6. The number of benzene rings is 9. The van der Waals surface area contributed by atoms with Crippen molar-refractivity contribution >= 4 is 67.3 Å². The second-order valence-corrected chi connectivity index (χ2v) is 18.3. The zero-order valence-electron chi connectivity index (χ0n) is 36.6. The fourth-order valence-electron chi connectivity index (χ4n) is 10.3. The van der Waals surface area contributed by atoms with E-state index in [9.17, 15) is 0 Å². The quantitative estimate of drug-likeness (QED) is 0.151. The molecule has 9 aromatic carbocycles. The molecule has 304 valence electrons. The lowest BCUT2D eigenvalue weighted by atomic mass is 9.79. The summed E-state index contributed by atoms with van der Waals surface area (Å²) in [6, 6.07) is 71.1. The Morgan fingerprint density at radius 1 is 0.397 bits per heavy atom. The minimum atomic E-state index is -0.203. The molecule has 2 aliphatic rings. The standard InChI is InChI=1S/C61H50N2/c1-41-30-33-48(62(46-22-8-6-9-23-46)58-28-16-20-42-18-12-14-26-50(42)58)36-44(41)31-32-45-40-60(2,3)55-39-54-52-35-34-49(37-56(52)61(4,5)57(54)38-53(45)55)63(47-24-10-7-11-25-47)59-29-17-21-43-19-13-15-27-51(43)59/h6-40H,1-5H3/b32-31-. The highest BCUT2D eigenvalue weighted by Crippen LogP contribution is 2.55. The summed E-state index contributed by atoms with van der Waals surface area (Å²) in [5, 5.41) is 4.92. The van der Waals surface area contributed by atoms with Crippen molar-refractivity contribution in [3.05, 3.63) is 240 Å². The molecule has 0 saturated heterocycles. The van der Waals surface area contributed by atoms with Crippen LogP contribution in [0.15, 0.2) is 206 Å². The van der Waals surface area contributed by atoms with Crippen molar-refractivity contribution in [1.29, 1.82) is 0 Å². The van der Waals surface area contributed by atoms with Crippen molar-refractivity contribution in [3.63, 3.8) is 0 Å². The van der Waals surface area contributed by atoms with E-state index in [-0.39, 0.29) is 10.8 Å². The van der Waals surface area contributed by atoms with E-state index in [1.807, 2.05) is 0 Å². The lowest BCUT2D eigenvalue weighted by Crippen LogP contribution is -2.17. The Morgan fingerprint density at radius 2 is 0.905 bits per heavy atom. The van der Waals surface area contributed by atoms with Gasteiger partial charge in [0.2, 0.25) is 0 Å². The normalized spacial score (nSPS) is 14.4. The molecule has 0 radical (unpaired) electrons. The van der Waals surface area contributed by atoms with Gasteiger partial charge in [-0.15, -0.1) is 0 Å². The van der Waals surface area contributed by atoms with Gasteiger partial charge < -0.3 is 9.80 Å². The van der Waals surface area contributed by atoms with Crippen LogP contribution in [0.25, 0.3) is 44.3 Å². The van der Waals surface area contributed by atoms with Crippen molar-refractivity contribution in [2.75, 3.05) is 9.80 Å². The minimum Gasteiger partial charge on any atom is -0.310 e. The number of anilines is 6. The molecule has 0 saturated carbocycles. The van der Waals surface area contributed by atoms with Gasteiger partial charge in [0.1, 0.15) is 0 Å². The summed E-state index contributed by atoms with van der Waals surface area (Å²) in [5.41, 5.74) is 18.4. The molecule has 2 nitrogen and oxygen atoms in total. The Kier molecular flexibility index (Phi) is 9.10. The maximum absolute atomic E-state index is 2.51. The lowest BCUT2D eigenvalue weighted by Gasteiger charge is -2.29. The molecule has 0 heterocycles. The molecule has 0 amide bonds. The summed E-state index contributed by atoms with van der Waals surface area (Å²) in [7, 11) is 0. The first-order chi connectivity index (χ1) is 30.7. The van der Waals surface area contributed by atoms with Crippen molar-refractivity contribution < 1.29 is 0 Å². The third-order valence-corrected chi connectivity index (χ3v) is 13.6. The summed E-state index contributed by atoms with van der Waals surface area (Å²) in [5.74, 6) is 0. The molecule has 0 N–H and O–H groups in total. The third kappa shape index (κ3) is 6.48. The Labute approximate surface area is 371 Å². The average molecular weight is 811 g/mol. The van der Waals surface area contributed by atoms with E-state index in [0.29, 0.717) is 0 Å². The zero-order valence-corrected chi connectivity index (χ0v) is 36.6. The number of fused-ring (bicyclic) bond motifs is 6. The number of hydrogen-bond donors (Lipinski definition) is 0. The maximum atomic E-state index is 2.51. The number of para-hydroxylation sites is 2. The van der Waals surface area contributed by atoms with Gasteiger partial charge in [-0.25, -0.2) is 0 Å². The van der Waals surface area contributed by atoms with Crippen molar-refractivity contribution in [2.45, 2.75) is 45.4 Å². The predicted octanol–water partition coefficient (Wildman–Crippen LogP) is 16.9. The molecule has 63 heavy (non-hydrogen) atoms. The van der Waals surface area contributed by atoms with Crippen LogP contribution in [0, 0.1) is 6.92 Å². The Bertz CT molecular complexity index is 3290. The van der Waals surface area contributed by atoms with E-state index in [0.717, 1.165) is 28.4 Å². The molecule has 0 unspecified atom stereocenters. The molecule has 0 bridgehead atoms. The Balaban J connectivity index is 0.970. The first-order valence-corrected chi connectivity index (χ1v) is 22.2. The van der Waals surface area contributed by atoms with E-state index in [2.05, 4.69) is 257 Å². The lowest BCUT2D eigenvalue weighted by molar-refractivity contribution is 0.656. The van der Waals surface area contributed by atoms with Crippen LogP contribution in [0.4, 0.5) is 34.1 Å². The summed E-state index contributed by atoms with van der Waals surface area (Å²) in [6.07, 6.45) is 7.15. The van der Waals surface area contributed by atoms with Crippen LogP contribution in [-0.2, 0) is 10.8 Å². The van der Waals surface area contributed by atoms with Gasteiger partial charge in [-0.2, -0.15) is 0 Å². The van der Waals surface area contributed by atoms with Crippen molar-refractivity contribution in [3.8, 4) is 11.1 Å². The molecule has 0 spiro atoms. The van der Waals surface area contributed by atoms with Gasteiger partial charge in [0.05, 0.1) is 11.4 Å². The summed E-state index contributed by atoms with van der Waals surface area (Å²) >= 11 is 0. The van der Waals surface area contributed by atoms with Gasteiger partial charge in [0.25, 0.3) is 0 Å².